The number of nitrogen functional groups attached to an aromatic ring is 1. The van der Waals surface area contributed by atoms with Crippen molar-refractivity contribution in [1.29, 1.82) is 0 Å². The number of rotatable bonds is 5. The number of hydrogen-bond donors (Lipinski definition) is 4. The molecule has 0 bridgehead atoms. The van der Waals surface area contributed by atoms with Gasteiger partial charge in [-0.2, -0.15) is 0 Å². The van der Waals surface area contributed by atoms with Gasteiger partial charge in [-0.25, -0.2) is 4.79 Å². The average Bonchev–Trinajstić information content (AvgIpc) is 2.37. The van der Waals surface area contributed by atoms with E-state index in [-0.39, 0.29) is 12.8 Å². The van der Waals surface area contributed by atoms with Gasteiger partial charge in [-0.1, -0.05) is 0 Å². The molecule has 3 amide bonds. The molecule has 8 heteroatoms. The first-order valence-electron chi connectivity index (χ1n) is 7.04. The Labute approximate surface area is 134 Å². The van der Waals surface area contributed by atoms with Crippen LogP contribution in [0.3, 0.4) is 0 Å². The highest BCUT2D eigenvalue weighted by Gasteiger charge is 2.18. The zero-order chi connectivity index (χ0) is 17.6. The molecule has 0 aliphatic rings. The number of nitrogens with two attached hydrogens (primary N) is 2. The number of amides is 3. The van der Waals surface area contributed by atoms with Gasteiger partial charge in [0, 0.05) is 18.5 Å². The van der Waals surface area contributed by atoms with Gasteiger partial charge in [0.1, 0.15) is 5.60 Å². The monoisotopic (exact) mass is 322 g/mol. The normalized spacial score (nSPS) is 10.7. The summed E-state index contributed by atoms with van der Waals surface area (Å²) in [6, 6.07) is 4.61. The molecule has 1 aromatic rings. The van der Waals surface area contributed by atoms with E-state index in [1.54, 1.807) is 32.9 Å². The molecule has 8 nitrogen and oxygen atoms in total. The van der Waals surface area contributed by atoms with E-state index in [0.717, 1.165) is 0 Å². The van der Waals surface area contributed by atoms with Crippen molar-refractivity contribution in [3.63, 3.8) is 0 Å². The summed E-state index contributed by atoms with van der Waals surface area (Å²) in [5, 5.41) is 5.12. The Morgan fingerprint density at radius 2 is 1.74 bits per heavy atom. The van der Waals surface area contributed by atoms with Crippen molar-refractivity contribution in [2.75, 3.05) is 16.4 Å². The summed E-state index contributed by atoms with van der Waals surface area (Å²) in [6.07, 6.45) is -0.781. The van der Waals surface area contributed by atoms with E-state index in [1.165, 1.54) is 6.07 Å². The van der Waals surface area contributed by atoms with Crippen molar-refractivity contribution in [2.24, 2.45) is 5.73 Å². The first-order chi connectivity index (χ1) is 10.6. The number of ether oxygens (including phenoxy) is 1. The van der Waals surface area contributed by atoms with Crippen LogP contribution in [0.15, 0.2) is 18.2 Å². The fourth-order valence-electron chi connectivity index (χ4n) is 1.64. The summed E-state index contributed by atoms with van der Waals surface area (Å²) >= 11 is 0. The number of anilines is 3. The highest BCUT2D eigenvalue weighted by molar-refractivity contribution is 5.99. The molecular formula is C15H22N4O4. The Balaban J connectivity index is 2.82. The number of benzene rings is 1. The first-order valence-corrected chi connectivity index (χ1v) is 7.04. The van der Waals surface area contributed by atoms with Crippen molar-refractivity contribution in [3.05, 3.63) is 18.2 Å². The molecule has 0 spiro atoms. The topological polar surface area (TPSA) is 137 Å². The summed E-state index contributed by atoms with van der Waals surface area (Å²) in [5.74, 6) is -0.967. The lowest BCUT2D eigenvalue weighted by Gasteiger charge is -2.20. The van der Waals surface area contributed by atoms with Crippen molar-refractivity contribution >= 4 is 35.0 Å². The van der Waals surface area contributed by atoms with Gasteiger partial charge in [0.2, 0.25) is 11.8 Å². The Kier molecular flexibility index (Phi) is 5.94. The molecule has 0 aliphatic carbocycles. The standard InChI is InChI=1S/C15H22N4O4/c1-15(2,3)23-14(22)19-11-8-9(16)4-5-10(11)18-13(21)7-6-12(17)20/h4-5,8H,6-7,16H2,1-3H3,(H2,17,20)(H,18,21)(H,19,22). The molecule has 0 unspecified atom stereocenters. The van der Waals surface area contributed by atoms with E-state index in [2.05, 4.69) is 10.6 Å². The predicted octanol–water partition coefficient (Wildman–Crippen LogP) is 1.82. The third kappa shape index (κ3) is 7.16. The summed E-state index contributed by atoms with van der Waals surface area (Å²) in [7, 11) is 0. The molecular weight excluding hydrogens is 300 g/mol. The van der Waals surface area contributed by atoms with Gasteiger partial charge in [-0.05, 0) is 39.0 Å². The maximum atomic E-state index is 11.8. The second kappa shape index (κ2) is 7.48. The number of carbonyl (C=O) groups excluding carboxylic acids is 3. The van der Waals surface area contributed by atoms with Gasteiger partial charge in [0.05, 0.1) is 11.4 Å². The maximum absolute atomic E-state index is 11.8. The van der Waals surface area contributed by atoms with E-state index in [1.807, 2.05) is 0 Å². The van der Waals surface area contributed by atoms with Crippen LogP contribution >= 0.6 is 0 Å². The fourth-order valence-corrected chi connectivity index (χ4v) is 1.64. The second-order valence-corrected chi connectivity index (χ2v) is 5.95. The molecule has 0 radical (unpaired) electrons. The van der Waals surface area contributed by atoms with Crippen LogP contribution < -0.4 is 22.1 Å². The van der Waals surface area contributed by atoms with Crippen LogP contribution in [-0.2, 0) is 14.3 Å². The molecule has 1 aromatic carbocycles. The van der Waals surface area contributed by atoms with Crippen LogP contribution in [0.5, 0.6) is 0 Å². The number of nitrogens with one attached hydrogen (secondary N) is 2. The molecule has 1 rings (SSSR count). The molecule has 0 fully saturated rings. The average molecular weight is 322 g/mol. The fraction of sp³-hybridized carbons (Fsp3) is 0.400. The molecule has 0 atom stereocenters. The van der Waals surface area contributed by atoms with Gasteiger partial charge in [0.15, 0.2) is 0 Å². The second-order valence-electron chi connectivity index (χ2n) is 5.95. The molecule has 126 valence electrons. The lowest BCUT2D eigenvalue weighted by molar-refractivity contribution is -0.122. The Bertz CT molecular complexity index is 608. The number of hydrogen-bond acceptors (Lipinski definition) is 5. The Hall–Kier alpha value is -2.77. The van der Waals surface area contributed by atoms with Crippen LogP contribution in [0.25, 0.3) is 0 Å². The Morgan fingerprint density at radius 1 is 1.09 bits per heavy atom. The molecule has 0 saturated carbocycles. The quantitative estimate of drug-likeness (QED) is 0.613. The van der Waals surface area contributed by atoms with Gasteiger partial charge in [-0.3, -0.25) is 14.9 Å². The number of primary amides is 1. The van der Waals surface area contributed by atoms with E-state index in [0.29, 0.717) is 17.1 Å². The van der Waals surface area contributed by atoms with Crippen LogP contribution in [0, 0.1) is 0 Å². The lowest BCUT2D eigenvalue weighted by atomic mass is 10.2. The molecule has 0 aliphatic heterocycles. The minimum absolute atomic E-state index is 0.0500. The van der Waals surface area contributed by atoms with Crippen molar-refractivity contribution in [3.8, 4) is 0 Å². The zero-order valence-electron chi connectivity index (χ0n) is 13.4. The molecule has 0 aromatic heterocycles. The SMILES string of the molecule is CC(C)(C)OC(=O)Nc1cc(N)ccc1NC(=O)CCC(N)=O. The molecule has 23 heavy (non-hydrogen) atoms. The first kappa shape index (κ1) is 18.3. The highest BCUT2D eigenvalue weighted by Crippen LogP contribution is 2.25. The van der Waals surface area contributed by atoms with Crippen LogP contribution in [-0.4, -0.2) is 23.5 Å². The van der Waals surface area contributed by atoms with Crippen molar-refractivity contribution in [1.82, 2.24) is 0 Å². The van der Waals surface area contributed by atoms with Gasteiger partial charge in [-0.15, -0.1) is 0 Å². The highest BCUT2D eigenvalue weighted by atomic mass is 16.6. The van der Waals surface area contributed by atoms with Crippen LogP contribution in [0.2, 0.25) is 0 Å². The minimum Gasteiger partial charge on any atom is -0.444 e. The summed E-state index contributed by atoms with van der Waals surface area (Å²) in [6.45, 7) is 5.20. The summed E-state index contributed by atoms with van der Waals surface area (Å²) in [4.78, 5) is 34.3. The van der Waals surface area contributed by atoms with E-state index in [4.69, 9.17) is 16.2 Å². The van der Waals surface area contributed by atoms with E-state index in [9.17, 15) is 14.4 Å². The van der Waals surface area contributed by atoms with Crippen molar-refractivity contribution < 1.29 is 19.1 Å². The molecule has 0 heterocycles. The van der Waals surface area contributed by atoms with E-state index >= 15 is 0 Å². The summed E-state index contributed by atoms with van der Waals surface area (Å²) in [5.41, 5.74) is 11.1. The van der Waals surface area contributed by atoms with Gasteiger partial charge >= 0.3 is 6.09 Å². The largest absolute Gasteiger partial charge is 0.444 e. The zero-order valence-corrected chi connectivity index (χ0v) is 13.4. The smallest absolute Gasteiger partial charge is 0.412 e. The Morgan fingerprint density at radius 3 is 2.30 bits per heavy atom. The third-order valence-corrected chi connectivity index (χ3v) is 2.55. The van der Waals surface area contributed by atoms with Gasteiger partial charge in [0.25, 0.3) is 0 Å². The predicted molar refractivity (Wildman–Crippen MR) is 87.8 cm³/mol. The summed E-state index contributed by atoms with van der Waals surface area (Å²) < 4.78 is 5.16. The lowest BCUT2D eigenvalue weighted by Crippen LogP contribution is -2.27. The molecule has 0 saturated heterocycles. The van der Waals surface area contributed by atoms with Crippen LogP contribution in [0.1, 0.15) is 33.6 Å². The van der Waals surface area contributed by atoms with Gasteiger partial charge < -0.3 is 21.5 Å². The molecule has 6 N–H and O–H groups in total. The van der Waals surface area contributed by atoms with E-state index < -0.39 is 23.5 Å². The van der Waals surface area contributed by atoms with Crippen molar-refractivity contribution in [2.45, 2.75) is 39.2 Å². The number of carbonyl (C=O) groups is 3. The maximum Gasteiger partial charge on any atom is 0.412 e. The van der Waals surface area contributed by atoms with Crippen LogP contribution in [0.4, 0.5) is 21.9 Å². The minimum atomic E-state index is -0.671. The third-order valence-electron chi connectivity index (χ3n) is 2.55.